The average molecular weight is 383 g/mol. The quantitative estimate of drug-likeness (QED) is 0.401. The summed E-state index contributed by atoms with van der Waals surface area (Å²) in [5.41, 5.74) is 10.5. The molecule has 2 nitrogen and oxygen atoms in total. The zero-order chi connectivity index (χ0) is 6.24. The van der Waals surface area contributed by atoms with Crippen LogP contribution in [0.4, 0.5) is 0 Å². The zero-order valence-corrected chi connectivity index (χ0v) is 10.2. The third-order valence-corrected chi connectivity index (χ3v) is 2.96. The number of hydrogen-bond acceptors (Lipinski definition) is 4. The van der Waals surface area contributed by atoms with Crippen molar-refractivity contribution in [3.63, 3.8) is 0 Å². The fourth-order valence-electron chi connectivity index (χ4n) is 0.214. The van der Waals surface area contributed by atoms with Gasteiger partial charge in [-0.3, -0.25) is 0 Å². The van der Waals surface area contributed by atoms with E-state index in [1.165, 1.54) is 0 Å². The number of rotatable bonds is 5. The van der Waals surface area contributed by atoms with E-state index in [2.05, 4.69) is 0 Å². The molecule has 0 rings (SSSR count). The summed E-state index contributed by atoms with van der Waals surface area (Å²) in [6.07, 6.45) is 0. The molecule has 0 radical (unpaired) electrons. The van der Waals surface area contributed by atoms with E-state index in [-0.39, 0.29) is 33.5 Å². The van der Waals surface area contributed by atoms with Crippen molar-refractivity contribution in [2.75, 3.05) is 24.6 Å². The van der Waals surface area contributed by atoms with Crippen molar-refractivity contribution in [1.82, 2.24) is 0 Å². The van der Waals surface area contributed by atoms with Gasteiger partial charge in [0, 0.05) is 24.6 Å². The second-order valence-electron chi connectivity index (χ2n) is 1.22. The van der Waals surface area contributed by atoms with Crippen LogP contribution in [0.3, 0.4) is 0 Å². The van der Waals surface area contributed by atoms with Crippen LogP contribution >= 0.6 is 21.6 Å². The fraction of sp³-hybridized carbons (Fsp3) is 1.00. The van der Waals surface area contributed by atoms with Crippen LogP contribution in [0.5, 0.6) is 0 Å². The molecule has 0 aromatic carbocycles. The molecule has 0 saturated heterocycles. The second kappa shape index (κ2) is 16.9. The molecule has 0 unspecified atom stereocenters. The van der Waals surface area contributed by atoms with E-state index in [4.69, 9.17) is 11.5 Å². The van der Waals surface area contributed by atoms with Crippen molar-refractivity contribution in [1.29, 1.82) is 0 Å². The normalized spacial score (nSPS) is 7.80. The smallest absolute Gasteiger partial charge is 1.00 e. The Morgan fingerprint density at radius 1 is 0.900 bits per heavy atom. The Balaban J connectivity index is -0.000000245. The van der Waals surface area contributed by atoms with Crippen molar-refractivity contribution in [2.45, 2.75) is 0 Å². The van der Waals surface area contributed by atoms with Crippen molar-refractivity contribution in [3.05, 3.63) is 0 Å². The van der Waals surface area contributed by atoms with Crippen molar-refractivity contribution in [2.24, 2.45) is 11.5 Å². The molecule has 0 saturated carbocycles. The van der Waals surface area contributed by atoms with Crippen LogP contribution in [-0.4, -0.2) is 24.6 Å². The van der Waals surface area contributed by atoms with Crippen LogP contribution in [0.2, 0.25) is 0 Å². The summed E-state index contributed by atoms with van der Waals surface area (Å²) in [5.74, 6) is 2.06. The van der Waals surface area contributed by atoms with E-state index in [1.54, 1.807) is 21.6 Å². The van der Waals surface area contributed by atoms with Gasteiger partial charge < -0.3 is 23.9 Å². The van der Waals surface area contributed by atoms with Gasteiger partial charge in [0.2, 0.25) is 0 Å². The summed E-state index contributed by atoms with van der Waals surface area (Å²) in [6.45, 7) is 1.53. The van der Waals surface area contributed by atoms with Gasteiger partial charge in [-0.05, 0) is 0 Å². The molecule has 0 aliphatic carbocycles. The first-order valence-corrected chi connectivity index (χ1v) is 5.05. The SMILES string of the molecule is NCCSSCCN.[Cl-].[Pt+2]. The summed E-state index contributed by atoms with van der Waals surface area (Å²) in [4.78, 5) is 0. The first-order chi connectivity index (χ1) is 3.91. The van der Waals surface area contributed by atoms with Gasteiger partial charge in [0.15, 0.2) is 0 Å². The maximum Gasteiger partial charge on any atom is 2.00 e. The Kier molecular flexibility index (Phi) is 29.8. The molecular weight excluding hydrogens is 371 g/mol. The molecule has 0 aliphatic rings. The molecule has 66 valence electrons. The minimum Gasteiger partial charge on any atom is -1.00 e. The predicted molar refractivity (Wildman–Crippen MR) is 43.0 cm³/mol. The van der Waals surface area contributed by atoms with Crippen molar-refractivity contribution < 1.29 is 33.5 Å². The van der Waals surface area contributed by atoms with E-state index < -0.39 is 0 Å². The van der Waals surface area contributed by atoms with Crippen LogP contribution in [0, 0.1) is 0 Å². The van der Waals surface area contributed by atoms with E-state index in [1.807, 2.05) is 0 Å². The standard InChI is InChI=1S/C4H12N2S2.ClH.Pt/c5-1-3-7-8-4-2-6;;/h1-6H2;1H;/q;;+2/p-1. The number of nitrogens with two attached hydrogens (primary N) is 2. The van der Waals surface area contributed by atoms with E-state index in [9.17, 15) is 0 Å². The molecule has 0 spiro atoms. The van der Waals surface area contributed by atoms with Gasteiger partial charge in [-0.25, -0.2) is 0 Å². The van der Waals surface area contributed by atoms with Gasteiger partial charge in [0.25, 0.3) is 0 Å². The molecule has 10 heavy (non-hydrogen) atoms. The van der Waals surface area contributed by atoms with Gasteiger partial charge in [0.1, 0.15) is 0 Å². The van der Waals surface area contributed by atoms with Gasteiger partial charge in [0.05, 0.1) is 0 Å². The number of hydrogen-bond donors (Lipinski definition) is 2. The molecule has 0 aromatic heterocycles. The molecule has 0 amide bonds. The topological polar surface area (TPSA) is 52.0 Å². The van der Waals surface area contributed by atoms with E-state index in [0.29, 0.717) is 0 Å². The summed E-state index contributed by atoms with van der Waals surface area (Å²) in [6, 6.07) is 0. The van der Waals surface area contributed by atoms with Gasteiger partial charge in [-0.1, -0.05) is 21.6 Å². The summed E-state index contributed by atoms with van der Waals surface area (Å²) in [5, 5.41) is 0. The Labute approximate surface area is 90.7 Å². The fourth-order valence-corrected chi connectivity index (χ4v) is 1.93. The van der Waals surface area contributed by atoms with Crippen LogP contribution in [-0.2, 0) is 21.1 Å². The molecule has 0 aromatic rings. The third-order valence-electron chi connectivity index (χ3n) is 0.486. The largest absolute Gasteiger partial charge is 2.00 e. The maximum atomic E-state index is 5.25. The first-order valence-electron chi connectivity index (χ1n) is 2.56. The van der Waals surface area contributed by atoms with Gasteiger partial charge >= 0.3 is 21.1 Å². The van der Waals surface area contributed by atoms with Gasteiger partial charge in [-0.15, -0.1) is 0 Å². The summed E-state index contributed by atoms with van der Waals surface area (Å²) < 4.78 is 0. The minimum atomic E-state index is 0. The van der Waals surface area contributed by atoms with Gasteiger partial charge in [-0.2, -0.15) is 0 Å². The monoisotopic (exact) mass is 382 g/mol. The Morgan fingerprint density at radius 3 is 1.40 bits per heavy atom. The Bertz CT molecular complexity index is 46.2. The summed E-state index contributed by atoms with van der Waals surface area (Å²) >= 11 is 0. The minimum absolute atomic E-state index is 0. The van der Waals surface area contributed by atoms with Crippen LogP contribution in [0.15, 0.2) is 0 Å². The van der Waals surface area contributed by atoms with Crippen LogP contribution in [0.1, 0.15) is 0 Å². The van der Waals surface area contributed by atoms with E-state index >= 15 is 0 Å². The predicted octanol–water partition coefficient (Wildman–Crippen LogP) is -2.71. The third kappa shape index (κ3) is 16.3. The molecule has 0 aliphatic heterocycles. The Hall–Kier alpha value is 1.60. The number of halogens is 1. The van der Waals surface area contributed by atoms with Crippen molar-refractivity contribution >= 4 is 21.6 Å². The van der Waals surface area contributed by atoms with Crippen molar-refractivity contribution in [3.8, 4) is 0 Å². The first kappa shape index (κ1) is 17.6. The van der Waals surface area contributed by atoms with Crippen LogP contribution < -0.4 is 23.9 Å². The maximum absolute atomic E-state index is 5.25. The van der Waals surface area contributed by atoms with Crippen LogP contribution in [0.25, 0.3) is 0 Å². The molecular formula is C4H12ClN2PtS2+. The molecule has 0 bridgehead atoms. The second-order valence-corrected chi connectivity index (χ2v) is 3.92. The molecule has 0 fully saturated rings. The molecule has 6 heteroatoms. The average Bonchev–Trinajstić information content (AvgIpc) is 1.81. The molecule has 4 N–H and O–H groups in total. The molecule has 0 atom stereocenters. The molecule has 0 heterocycles. The Morgan fingerprint density at radius 2 is 1.20 bits per heavy atom. The summed E-state index contributed by atoms with van der Waals surface area (Å²) in [7, 11) is 3.58. The zero-order valence-electron chi connectivity index (χ0n) is 5.49. The van der Waals surface area contributed by atoms with E-state index in [0.717, 1.165) is 24.6 Å².